The van der Waals surface area contributed by atoms with Crippen LogP contribution in [0.1, 0.15) is 46.9 Å². The molecule has 3 N–H and O–H groups in total. The van der Waals surface area contributed by atoms with Gasteiger partial charge in [0.15, 0.2) is 0 Å². The Morgan fingerprint density at radius 3 is 2.47 bits per heavy atom. The van der Waals surface area contributed by atoms with E-state index in [4.69, 9.17) is 5.11 Å². The summed E-state index contributed by atoms with van der Waals surface area (Å²) in [6.45, 7) is 5.18. The molecule has 0 saturated carbocycles. The standard InChI is InChI=1S/C23H24N2O5/c1-13(2)17-10-15(8-9-20(17)26)23(30)25-14(3)18(11-21(27)24-12-22(28)29)16-6-4-5-7-19(16)25/h4-10,13,26H,11-12H2,1-3H3,(H,24,27)(H,28,29). The highest BCUT2D eigenvalue weighted by Crippen LogP contribution is 2.30. The highest BCUT2D eigenvalue weighted by Gasteiger charge is 2.22. The molecule has 7 heteroatoms. The summed E-state index contributed by atoms with van der Waals surface area (Å²) in [5.41, 5.74) is 3.07. The second-order valence-corrected chi connectivity index (χ2v) is 7.50. The molecule has 0 aliphatic carbocycles. The van der Waals surface area contributed by atoms with Gasteiger partial charge in [-0.05, 0) is 48.2 Å². The molecular formula is C23H24N2O5. The number of aromatic nitrogens is 1. The van der Waals surface area contributed by atoms with Gasteiger partial charge in [0, 0.05) is 16.6 Å². The first-order valence-electron chi connectivity index (χ1n) is 9.65. The Morgan fingerprint density at radius 2 is 1.80 bits per heavy atom. The molecule has 0 fully saturated rings. The highest BCUT2D eigenvalue weighted by molar-refractivity contribution is 6.05. The Bertz CT molecular complexity index is 1140. The van der Waals surface area contributed by atoms with Crippen LogP contribution >= 0.6 is 0 Å². The topological polar surface area (TPSA) is 109 Å². The van der Waals surface area contributed by atoms with Crippen LogP contribution in [-0.2, 0) is 16.0 Å². The van der Waals surface area contributed by atoms with Gasteiger partial charge in [0.25, 0.3) is 5.91 Å². The van der Waals surface area contributed by atoms with Crippen LogP contribution in [0.25, 0.3) is 10.9 Å². The van der Waals surface area contributed by atoms with Crippen molar-refractivity contribution >= 4 is 28.7 Å². The number of aromatic hydroxyl groups is 1. The molecule has 0 aliphatic rings. The SMILES string of the molecule is Cc1c(CC(=O)NCC(=O)O)c2ccccc2n1C(=O)c1ccc(O)c(C(C)C)c1. The Hall–Kier alpha value is -3.61. The molecule has 2 aromatic carbocycles. The fraction of sp³-hybridized carbons (Fsp3) is 0.261. The van der Waals surface area contributed by atoms with Crippen molar-refractivity contribution in [3.63, 3.8) is 0 Å². The number of aliphatic carboxylic acids is 1. The average molecular weight is 408 g/mol. The minimum absolute atomic E-state index is 0.0350. The molecule has 3 aromatic rings. The maximum absolute atomic E-state index is 13.4. The molecule has 0 unspecified atom stereocenters. The molecule has 7 nitrogen and oxygen atoms in total. The van der Waals surface area contributed by atoms with E-state index in [1.54, 1.807) is 23.6 Å². The summed E-state index contributed by atoms with van der Waals surface area (Å²) >= 11 is 0. The number of fused-ring (bicyclic) bond motifs is 1. The van der Waals surface area contributed by atoms with Gasteiger partial charge in [0.05, 0.1) is 11.9 Å². The first-order valence-corrected chi connectivity index (χ1v) is 9.65. The van der Waals surface area contributed by atoms with Crippen LogP contribution in [0.5, 0.6) is 5.75 Å². The number of carbonyl (C=O) groups is 3. The van der Waals surface area contributed by atoms with Gasteiger partial charge < -0.3 is 15.5 Å². The van der Waals surface area contributed by atoms with Gasteiger partial charge in [-0.1, -0.05) is 32.0 Å². The van der Waals surface area contributed by atoms with Gasteiger partial charge in [-0.25, -0.2) is 0 Å². The Kier molecular flexibility index (Phi) is 5.91. The average Bonchev–Trinajstić information content (AvgIpc) is 2.97. The third-order valence-corrected chi connectivity index (χ3v) is 5.12. The molecule has 1 heterocycles. The number of nitrogens with zero attached hydrogens (tertiary/aromatic N) is 1. The van der Waals surface area contributed by atoms with Crippen LogP contribution in [0.3, 0.4) is 0 Å². The molecule has 3 rings (SSSR count). The monoisotopic (exact) mass is 408 g/mol. The van der Waals surface area contributed by atoms with Crippen molar-refractivity contribution < 1.29 is 24.6 Å². The summed E-state index contributed by atoms with van der Waals surface area (Å²) in [6.07, 6.45) is -0.0350. The molecule has 30 heavy (non-hydrogen) atoms. The Labute approximate surface area is 173 Å². The number of hydrogen-bond acceptors (Lipinski definition) is 4. The summed E-state index contributed by atoms with van der Waals surface area (Å²) in [5.74, 6) is -1.61. The van der Waals surface area contributed by atoms with E-state index in [-0.39, 0.29) is 24.0 Å². The van der Waals surface area contributed by atoms with Crippen molar-refractivity contribution in [1.82, 2.24) is 9.88 Å². The number of carboxylic acids is 1. The Balaban J connectivity index is 2.06. The molecule has 0 spiro atoms. The van der Waals surface area contributed by atoms with E-state index in [1.165, 1.54) is 6.07 Å². The normalized spacial score (nSPS) is 11.1. The molecule has 1 aromatic heterocycles. The fourth-order valence-corrected chi connectivity index (χ4v) is 3.60. The number of phenols is 1. The van der Waals surface area contributed by atoms with Crippen LogP contribution in [0, 0.1) is 6.92 Å². The van der Waals surface area contributed by atoms with Crippen molar-refractivity contribution in [3.8, 4) is 5.75 Å². The number of phenolic OH excluding ortho intramolecular Hbond substituents is 1. The zero-order valence-corrected chi connectivity index (χ0v) is 17.1. The Morgan fingerprint density at radius 1 is 1.10 bits per heavy atom. The predicted octanol–water partition coefficient (Wildman–Crippen LogP) is 3.21. The summed E-state index contributed by atoms with van der Waals surface area (Å²) in [7, 11) is 0. The van der Waals surface area contributed by atoms with E-state index in [9.17, 15) is 19.5 Å². The van der Waals surface area contributed by atoms with Crippen molar-refractivity contribution in [2.24, 2.45) is 0 Å². The number of amides is 1. The van der Waals surface area contributed by atoms with Gasteiger partial charge >= 0.3 is 5.97 Å². The lowest BCUT2D eigenvalue weighted by atomic mass is 9.99. The van der Waals surface area contributed by atoms with Crippen molar-refractivity contribution in [2.75, 3.05) is 6.54 Å². The zero-order valence-electron chi connectivity index (χ0n) is 17.1. The summed E-state index contributed by atoms with van der Waals surface area (Å²) in [5, 5.41) is 21.9. The van der Waals surface area contributed by atoms with E-state index in [2.05, 4.69) is 5.32 Å². The van der Waals surface area contributed by atoms with E-state index < -0.39 is 18.4 Å². The lowest BCUT2D eigenvalue weighted by molar-refractivity contribution is -0.137. The third kappa shape index (κ3) is 4.05. The second-order valence-electron chi connectivity index (χ2n) is 7.50. The van der Waals surface area contributed by atoms with E-state index in [1.807, 2.05) is 38.1 Å². The number of carboxylic acid groups (broad SMARTS) is 1. The minimum atomic E-state index is -1.12. The van der Waals surface area contributed by atoms with Gasteiger partial charge in [0.1, 0.15) is 12.3 Å². The number of benzene rings is 2. The zero-order chi connectivity index (χ0) is 22.0. The van der Waals surface area contributed by atoms with Crippen molar-refractivity contribution in [3.05, 3.63) is 64.8 Å². The molecule has 1 amide bonds. The summed E-state index contributed by atoms with van der Waals surface area (Å²) < 4.78 is 1.56. The van der Waals surface area contributed by atoms with Crippen LogP contribution < -0.4 is 5.32 Å². The maximum Gasteiger partial charge on any atom is 0.322 e. The van der Waals surface area contributed by atoms with Crippen molar-refractivity contribution in [2.45, 2.75) is 33.1 Å². The lowest BCUT2D eigenvalue weighted by Crippen LogP contribution is -2.30. The van der Waals surface area contributed by atoms with Crippen LogP contribution in [0.15, 0.2) is 42.5 Å². The van der Waals surface area contributed by atoms with Crippen LogP contribution in [-0.4, -0.2) is 39.1 Å². The predicted molar refractivity (Wildman–Crippen MR) is 113 cm³/mol. The number of carbonyl (C=O) groups excluding carboxylic acids is 2. The lowest BCUT2D eigenvalue weighted by Gasteiger charge is -2.12. The van der Waals surface area contributed by atoms with Gasteiger partial charge in [-0.15, -0.1) is 0 Å². The van der Waals surface area contributed by atoms with Gasteiger partial charge in [0.2, 0.25) is 5.91 Å². The van der Waals surface area contributed by atoms with Crippen LogP contribution in [0.4, 0.5) is 0 Å². The van der Waals surface area contributed by atoms with Crippen molar-refractivity contribution in [1.29, 1.82) is 0 Å². The largest absolute Gasteiger partial charge is 0.508 e. The number of rotatable bonds is 6. The van der Waals surface area contributed by atoms with E-state index >= 15 is 0 Å². The van der Waals surface area contributed by atoms with Gasteiger partial charge in [-0.3, -0.25) is 19.0 Å². The number of hydrogen-bond donors (Lipinski definition) is 3. The smallest absolute Gasteiger partial charge is 0.322 e. The molecular weight excluding hydrogens is 384 g/mol. The fourth-order valence-electron chi connectivity index (χ4n) is 3.60. The minimum Gasteiger partial charge on any atom is -0.508 e. The summed E-state index contributed by atoms with van der Waals surface area (Å²) in [6, 6.07) is 12.1. The van der Waals surface area contributed by atoms with E-state index in [0.717, 1.165) is 5.39 Å². The summed E-state index contributed by atoms with van der Waals surface area (Å²) in [4.78, 5) is 36.3. The number of nitrogens with one attached hydrogen (secondary N) is 1. The molecule has 0 atom stereocenters. The van der Waals surface area contributed by atoms with Gasteiger partial charge in [-0.2, -0.15) is 0 Å². The molecule has 0 aliphatic heterocycles. The number of para-hydroxylation sites is 1. The first-order chi connectivity index (χ1) is 14.2. The van der Waals surface area contributed by atoms with Crippen LogP contribution in [0.2, 0.25) is 0 Å². The first kappa shape index (κ1) is 21.1. The highest BCUT2D eigenvalue weighted by atomic mass is 16.4. The molecule has 156 valence electrons. The molecule has 0 saturated heterocycles. The molecule has 0 bridgehead atoms. The third-order valence-electron chi connectivity index (χ3n) is 5.12. The second kappa shape index (κ2) is 8.41. The quantitative estimate of drug-likeness (QED) is 0.580. The maximum atomic E-state index is 13.4. The van der Waals surface area contributed by atoms with E-state index in [0.29, 0.717) is 27.9 Å². The molecule has 0 radical (unpaired) electrons.